The number of hydrogen-bond acceptors (Lipinski definition) is 2. The molecule has 2 N–H and O–H groups in total. The molecule has 0 aliphatic rings. The zero-order chi connectivity index (χ0) is 13.7. The third-order valence-electron chi connectivity index (χ3n) is 2.50. The molecule has 0 radical (unpaired) electrons. The Labute approximate surface area is 111 Å². The summed E-state index contributed by atoms with van der Waals surface area (Å²) < 4.78 is 0. The van der Waals surface area contributed by atoms with E-state index >= 15 is 0 Å². The van der Waals surface area contributed by atoms with Gasteiger partial charge in [-0.2, -0.15) is 0 Å². The van der Waals surface area contributed by atoms with E-state index in [0.29, 0.717) is 10.6 Å². The van der Waals surface area contributed by atoms with Crippen molar-refractivity contribution in [3.05, 3.63) is 34.9 Å². The minimum atomic E-state index is -0.982. The third kappa shape index (κ3) is 4.04. The van der Waals surface area contributed by atoms with Crippen LogP contribution in [0.3, 0.4) is 0 Å². The van der Waals surface area contributed by atoms with Gasteiger partial charge < -0.3 is 10.4 Å². The molecule has 0 saturated heterocycles. The van der Waals surface area contributed by atoms with Crippen LogP contribution in [0.5, 0.6) is 0 Å². The number of nitrogens with one attached hydrogen (secondary N) is 1. The van der Waals surface area contributed by atoms with E-state index in [2.05, 4.69) is 5.32 Å². The van der Waals surface area contributed by atoms with Gasteiger partial charge in [0.15, 0.2) is 0 Å². The highest BCUT2D eigenvalue weighted by atomic mass is 35.5. The van der Waals surface area contributed by atoms with Crippen molar-refractivity contribution < 1.29 is 14.7 Å². The summed E-state index contributed by atoms with van der Waals surface area (Å²) in [4.78, 5) is 22.5. The number of hydrogen-bond donors (Lipinski definition) is 2. The quantitative estimate of drug-likeness (QED) is 0.863. The number of aliphatic carboxylic acids is 1. The van der Waals surface area contributed by atoms with Crippen LogP contribution in [0.4, 0.5) is 0 Å². The van der Waals surface area contributed by atoms with E-state index < -0.39 is 12.0 Å². The smallest absolute Gasteiger partial charge is 0.305 e. The van der Waals surface area contributed by atoms with E-state index in [1.165, 1.54) is 0 Å². The first-order valence-corrected chi connectivity index (χ1v) is 6.06. The number of carbonyl (C=O) groups is 2. The standard InChI is InChI=1S/C13H16ClNO3/c1-8(2)13(18)15-11(7-12(16)17)9-5-3-4-6-10(9)14/h3-6,8,11H,7H2,1-2H3,(H,15,18)(H,16,17)/t11-/m0/s1. The second-order valence-corrected chi connectivity index (χ2v) is 4.74. The summed E-state index contributed by atoms with van der Waals surface area (Å²) in [7, 11) is 0. The zero-order valence-electron chi connectivity index (χ0n) is 10.3. The van der Waals surface area contributed by atoms with Crippen molar-refractivity contribution >= 4 is 23.5 Å². The molecular weight excluding hydrogens is 254 g/mol. The second kappa shape index (κ2) is 6.40. The van der Waals surface area contributed by atoms with Gasteiger partial charge in [0.1, 0.15) is 0 Å². The Morgan fingerprint density at radius 2 is 1.94 bits per heavy atom. The van der Waals surface area contributed by atoms with E-state index in [4.69, 9.17) is 16.7 Å². The minimum absolute atomic E-state index is 0.192. The number of carboxylic acids is 1. The Morgan fingerprint density at radius 3 is 2.44 bits per heavy atom. The highest BCUT2D eigenvalue weighted by Gasteiger charge is 2.21. The molecule has 1 aromatic carbocycles. The summed E-state index contributed by atoms with van der Waals surface area (Å²) in [5, 5.41) is 12.0. The molecule has 0 aromatic heterocycles. The van der Waals surface area contributed by atoms with Gasteiger partial charge in [0.05, 0.1) is 12.5 Å². The largest absolute Gasteiger partial charge is 0.481 e. The van der Waals surface area contributed by atoms with Gasteiger partial charge in [0.25, 0.3) is 0 Å². The first-order chi connectivity index (χ1) is 8.41. The Hall–Kier alpha value is -1.55. The molecule has 5 heteroatoms. The lowest BCUT2D eigenvalue weighted by atomic mass is 10.0. The highest BCUT2D eigenvalue weighted by Crippen LogP contribution is 2.25. The van der Waals surface area contributed by atoms with Crippen molar-refractivity contribution in [1.29, 1.82) is 0 Å². The Bertz CT molecular complexity index is 446. The average Bonchev–Trinajstić information content (AvgIpc) is 2.28. The summed E-state index contributed by atoms with van der Waals surface area (Å²) in [6.07, 6.45) is -0.192. The van der Waals surface area contributed by atoms with Crippen molar-refractivity contribution in [2.24, 2.45) is 5.92 Å². The molecule has 0 aliphatic carbocycles. The monoisotopic (exact) mass is 269 g/mol. The molecule has 0 fully saturated rings. The van der Waals surface area contributed by atoms with E-state index in [1.54, 1.807) is 38.1 Å². The number of carboxylic acid groups (broad SMARTS) is 1. The fourth-order valence-electron chi connectivity index (χ4n) is 1.51. The van der Waals surface area contributed by atoms with Crippen LogP contribution in [-0.2, 0) is 9.59 Å². The van der Waals surface area contributed by atoms with Gasteiger partial charge in [-0.05, 0) is 11.6 Å². The Morgan fingerprint density at radius 1 is 1.33 bits per heavy atom. The van der Waals surface area contributed by atoms with Gasteiger partial charge in [-0.15, -0.1) is 0 Å². The molecule has 4 nitrogen and oxygen atoms in total. The molecule has 1 amide bonds. The van der Waals surface area contributed by atoms with Gasteiger partial charge >= 0.3 is 5.97 Å². The number of halogens is 1. The number of carbonyl (C=O) groups excluding carboxylic acids is 1. The topological polar surface area (TPSA) is 66.4 Å². The van der Waals surface area contributed by atoms with Gasteiger partial charge in [-0.3, -0.25) is 9.59 Å². The summed E-state index contributed by atoms with van der Waals surface area (Å²) in [5.41, 5.74) is 0.621. The molecule has 0 saturated carbocycles. The van der Waals surface area contributed by atoms with E-state index in [-0.39, 0.29) is 18.2 Å². The molecule has 18 heavy (non-hydrogen) atoms. The molecule has 98 valence electrons. The SMILES string of the molecule is CC(C)C(=O)N[C@@H](CC(=O)O)c1ccccc1Cl. The number of rotatable bonds is 5. The third-order valence-corrected chi connectivity index (χ3v) is 2.84. The van der Waals surface area contributed by atoms with Crippen LogP contribution in [0.2, 0.25) is 5.02 Å². The summed E-state index contributed by atoms with van der Waals surface area (Å²) in [6, 6.07) is 6.31. The van der Waals surface area contributed by atoms with Crippen LogP contribution in [0, 0.1) is 5.92 Å². The van der Waals surface area contributed by atoms with Gasteiger partial charge in [-0.25, -0.2) is 0 Å². The molecule has 1 aromatic rings. The molecule has 0 aliphatic heterocycles. The van der Waals surface area contributed by atoms with Crippen molar-refractivity contribution in [3.8, 4) is 0 Å². The Balaban J connectivity index is 2.95. The molecule has 0 bridgehead atoms. The molecule has 1 atom stereocenters. The highest BCUT2D eigenvalue weighted by molar-refractivity contribution is 6.31. The van der Waals surface area contributed by atoms with Gasteiger partial charge in [0.2, 0.25) is 5.91 Å². The summed E-state index contributed by atoms with van der Waals surface area (Å²) in [5.74, 6) is -1.38. The van der Waals surface area contributed by atoms with E-state index in [9.17, 15) is 9.59 Å². The van der Waals surface area contributed by atoms with Crippen LogP contribution in [0.15, 0.2) is 24.3 Å². The van der Waals surface area contributed by atoms with Gasteiger partial charge in [0, 0.05) is 10.9 Å². The maximum Gasteiger partial charge on any atom is 0.305 e. The predicted molar refractivity (Wildman–Crippen MR) is 69.4 cm³/mol. The maximum atomic E-state index is 11.7. The van der Waals surface area contributed by atoms with E-state index in [0.717, 1.165) is 0 Å². The number of benzene rings is 1. The molecule has 0 unspecified atom stereocenters. The lowest BCUT2D eigenvalue weighted by Crippen LogP contribution is -2.33. The fraction of sp³-hybridized carbons (Fsp3) is 0.385. The van der Waals surface area contributed by atoms with Gasteiger partial charge in [-0.1, -0.05) is 43.6 Å². The van der Waals surface area contributed by atoms with Crippen molar-refractivity contribution in [1.82, 2.24) is 5.32 Å². The average molecular weight is 270 g/mol. The van der Waals surface area contributed by atoms with Crippen LogP contribution in [0.25, 0.3) is 0 Å². The number of amides is 1. The zero-order valence-corrected chi connectivity index (χ0v) is 11.1. The lowest BCUT2D eigenvalue weighted by molar-refractivity contribution is -0.137. The van der Waals surface area contributed by atoms with Crippen LogP contribution >= 0.6 is 11.6 Å². The van der Waals surface area contributed by atoms with Crippen molar-refractivity contribution in [2.75, 3.05) is 0 Å². The molecular formula is C13H16ClNO3. The van der Waals surface area contributed by atoms with Crippen LogP contribution < -0.4 is 5.32 Å². The van der Waals surface area contributed by atoms with Crippen molar-refractivity contribution in [3.63, 3.8) is 0 Å². The molecule has 0 heterocycles. The Kier molecular flexibility index (Phi) is 5.16. The first-order valence-electron chi connectivity index (χ1n) is 5.68. The maximum absolute atomic E-state index is 11.7. The first kappa shape index (κ1) is 14.5. The summed E-state index contributed by atoms with van der Waals surface area (Å²) >= 11 is 6.02. The second-order valence-electron chi connectivity index (χ2n) is 4.34. The van der Waals surface area contributed by atoms with E-state index in [1.807, 2.05) is 0 Å². The predicted octanol–water partition coefficient (Wildman–Crippen LogP) is 2.63. The van der Waals surface area contributed by atoms with Crippen LogP contribution in [-0.4, -0.2) is 17.0 Å². The molecule has 0 spiro atoms. The normalized spacial score (nSPS) is 12.2. The fourth-order valence-corrected chi connectivity index (χ4v) is 1.78. The summed E-state index contributed by atoms with van der Waals surface area (Å²) in [6.45, 7) is 3.50. The minimum Gasteiger partial charge on any atom is -0.481 e. The van der Waals surface area contributed by atoms with Crippen LogP contribution in [0.1, 0.15) is 31.9 Å². The van der Waals surface area contributed by atoms with Crippen molar-refractivity contribution in [2.45, 2.75) is 26.3 Å². The lowest BCUT2D eigenvalue weighted by Gasteiger charge is -2.19. The molecule has 1 rings (SSSR count).